The summed E-state index contributed by atoms with van der Waals surface area (Å²) in [7, 11) is 0. The van der Waals surface area contributed by atoms with Crippen molar-refractivity contribution in [2.24, 2.45) is 10.8 Å². The number of alkyl halides is 3. The van der Waals surface area contributed by atoms with Crippen molar-refractivity contribution in [3.63, 3.8) is 0 Å². The quantitative estimate of drug-likeness (QED) is 0.294. The third-order valence-electron chi connectivity index (χ3n) is 7.56. The van der Waals surface area contributed by atoms with Crippen molar-refractivity contribution in [3.05, 3.63) is 89.0 Å². The highest BCUT2D eigenvalue weighted by molar-refractivity contribution is 7.80. The molecule has 3 aromatic rings. The van der Waals surface area contributed by atoms with Gasteiger partial charge in [-0.1, -0.05) is 65.0 Å². The van der Waals surface area contributed by atoms with E-state index in [9.17, 15) is 13.2 Å². The number of halogens is 3. The molecule has 0 aliphatic heterocycles. The van der Waals surface area contributed by atoms with Gasteiger partial charge in [0.05, 0.1) is 23.5 Å². The van der Waals surface area contributed by atoms with Crippen LogP contribution >= 0.6 is 12.2 Å². The zero-order chi connectivity index (χ0) is 28.8. The van der Waals surface area contributed by atoms with E-state index in [1.54, 1.807) is 35.6 Å². The summed E-state index contributed by atoms with van der Waals surface area (Å²) in [6.07, 6.45) is -0.413. The third kappa shape index (κ3) is 8.06. The van der Waals surface area contributed by atoms with Gasteiger partial charge in [-0.05, 0) is 52.4 Å². The van der Waals surface area contributed by atoms with Crippen molar-refractivity contribution < 1.29 is 13.2 Å². The van der Waals surface area contributed by atoms with Crippen molar-refractivity contribution in [1.29, 1.82) is 5.26 Å². The highest BCUT2D eigenvalue weighted by Crippen LogP contribution is 2.37. The first kappa shape index (κ1) is 30.2. The topological polar surface area (TPSA) is 56.9 Å². The van der Waals surface area contributed by atoms with Gasteiger partial charge in [-0.2, -0.15) is 18.4 Å². The van der Waals surface area contributed by atoms with E-state index in [4.69, 9.17) is 17.5 Å². The molecule has 9 heteroatoms. The minimum Gasteiger partial charge on any atom is -0.362 e. The van der Waals surface area contributed by atoms with Gasteiger partial charge in [0.15, 0.2) is 5.11 Å². The third-order valence-corrected chi connectivity index (χ3v) is 7.96. The largest absolute Gasteiger partial charge is 0.416 e. The van der Waals surface area contributed by atoms with Gasteiger partial charge in [-0.3, -0.25) is 0 Å². The molecule has 0 saturated carbocycles. The van der Waals surface area contributed by atoms with E-state index in [1.165, 1.54) is 12.1 Å². The Balaban J connectivity index is 1.80. The van der Waals surface area contributed by atoms with Crippen LogP contribution in [-0.2, 0) is 25.7 Å². The predicted molar refractivity (Wildman–Crippen MR) is 152 cm³/mol. The first-order chi connectivity index (χ1) is 18.2. The Morgan fingerprint density at radius 3 is 2.33 bits per heavy atom. The van der Waals surface area contributed by atoms with Crippen LogP contribution in [0, 0.1) is 22.2 Å². The fourth-order valence-electron chi connectivity index (χ4n) is 3.90. The zero-order valence-electron chi connectivity index (χ0n) is 23.1. The molecule has 0 aliphatic carbocycles. The second kappa shape index (κ2) is 12.2. The summed E-state index contributed by atoms with van der Waals surface area (Å²) in [6.45, 7) is 12.4. The Bertz CT molecular complexity index is 1300. The number of nitrogens with zero attached hydrogens (tertiary/aromatic N) is 4. The first-order valence-electron chi connectivity index (χ1n) is 12.9. The lowest BCUT2D eigenvalue weighted by atomic mass is 9.69. The lowest BCUT2D eigenvalue weighted by molar-refractivity contribution is -0.138. The van der Waals surface area contributed by atoms with Crippen LogP contribution in [0.4, 0.5) is 13.2 Å². The smallest absolute Gasteiger partial charge is 0.362 e. The van der Waals surface area contributed by atoms with E-state index in [2.05, 4.69) is 51.0 Å². The summed E-state index contributed by atoms with van der Waals surface area (Å²) < 4.78 is 43.3. The maximum atomic E-state index is 13.8. The van der Waals surface area contributed by atoms with Gasteiger partial charge in [0.1, 0.15) is 0 Å². The predicted octanol–water partition coefficient (Wildman–Crippen LogP) is 6.81. The highest BCUT2D eigenvalue weighted by atomic mass is 32.1. The second-order valence-corrected chi connectivity index (χ2v) is 11.8. The highest BCUT2D eigenvalue weighted by Gasteiger charge is 2.34. The molecule has 1 N–H and O–H groups in total. The van der Waals surface area contributed by atoms with Crippen LogP contribution in [-0.4, -0.2) is 32.7 Å². The number of nitrogens with one attached hydrogen (secondary N) is 1. The van der Waals surface area contributed by atoms with Gasteiger partial charge in [0.25, 0.3) is 0 Å². The van der Waals surface area contributed by atoms with Gasteiger partial charge in [-0.25, -0.2) is 4.98 Å². The molecule has 208 valence electrons. The SMILES string of the molecule is CC(C)(C)C(C)(C)CNC(=S)N(CCc1cncn1Cc1ccc(C#N)cc1)Cc1ccccc1C(F)(F)F. The number of nitriles is 1. The summed E-state index contributed by atoms with van der Waals surface area (Å²) in [4.78, 5) is 6.10. The molecule has 39 heavy (non-hydrogen) atoms. The van der Waals surface area contributed by atoms with Crippen LogP contribution in [0.5, 0.6) is 0 Å². The Kier molecular flexibility index (Phi) is 9.44. The lowest BCUT2D eigenvalue weighted by Crippen LogP contribution is -2.47. The minimum absolute atomic E-state index is 0.00126. The summed E-state index contributed by atoms with van der Waals surface area (Å²) in [5.74, 6) is 0. The molecular formula is C30H36F3N5S. The molecule has 5 nitrogen and oxygen atoms in total. The molecule has 0 bridgehead atoms. The van der Waals surface area contributed by atoms with Gasteiger partial charge >= 0.3 is 6.18 Å². The summed E-state index contributed by atoms with van der Waals surface area (Å²) in [5.41, 5.74) is 1.97. The molecule has 0 saturated heterocycles. The van der Waals surface area contributed by atoms with E-state index in [0.717, 1.165) is 17.3 Å². The van der Waals surface area contributed by atoms with Crippen molar-refractivity contribution in [2.45, 2.75) is 60.3 Å². The molecule has 0 aliphatic rings. The zero-order valence-corrected chi connectivity index (χ0v) is 24.0. The first-order valence-corrected chi connectivity index (χ1v) is 13.3. The second-order valence-electron chi connectivity index (χ2n) is 11.4. The average Bonchev–Trinajstić information content (AvgIpc) is 3.31. The van der Waals surface area contributed by atoms with Crippen LogP contribution in [0.3, 0.4) is 0 Å². The Labute approximate surface area is 234 Å². The molecular weight excluding hydrogens is 519 g/mol. The normalized spacial score (nSPS) is 12.2. The van der Waals surface area contributed by atoms with Gasteiger partial charge < -0.3 is 14.8 Å². The Morgan fingerprint density at radius 1 is 1.05 bits per heavy atom. The number of imidazole rings is 1. The maximum Gasteiger partial charge on any atom is 0.416 e. The number of rotatable bonds is 9. The standard InChI is InChI=1S/C30H36F3N5S/c1-28(2,3)29(4,5)20-36-27(39)37(19-24-8-6-7-9-26(24)30(31,32)33)15-14-25-17-35-21-38(25)18-23-12-10-22(16-34)11-13-23/h6-13,17,21H,14-15,18-20H2,1-5H3,(H,36,39). The van der Waals surface area contributed by atoms with Gasteiger partial charge in [0.2, 0.25) is 0 Å². The molecule has 1 heterocycles. The van der Waals surface area contributed by atoms with E-state index in [0.29, 0.717) is 36.7 Å². The van der Waals surface area contributed by atoms with Crippen molar-refractivity contribution in [2.75, 3.05) is 13.1 Å². The van der Waals surface area contributed by atoms with E-state index >= 15 is 0 Å². The summed E-state index contributed by atoms with van der Waals surface area (Å²) >= 11 is 5.74. The Morgan fingerprint density at radius 2 is 1.72 bits per heavy atom. The number of thiocarbonyl (C=S) groups is 1. The fourth-order valence-corrected chi connectivity index (χ4v) is 4.12. The van der Waals surface area contributed by atoms with Crippen molar-refractivity contribution >= 4 is 17.3 Å². The fraction of sp³-hybridized carbons (Fsp3) is 0.433. The molecule has 0 atom stereocenters. The van der Waals surface area contributed by atoms with E-state index in [1.807, 2.05) is 16.7 Å². The molecule has 0 fully saturated rings. The maximum absolute atomic E-state index is 13.8. The van der Waals surface area contributed by atoms with Crippen molar-refractivity contribution in [1.82, 2.24) is 19.8 Å². The number of hydrogen-bond acceptors (Lipinski definition) is 3. The van der Waals surface area contributed by atoms with Crippen LogP contribution in [0.2, 0.25) is 0 Å². The minimum atomic E-state index is -4.45. The van der Waals surface area contributed by atoms with Crippen LogP contribution in [0.25, 0.3) is 0 Å². The Hall–Kier alpha value is -3.38. The molecule has 0 spiro atoms. The van der Waals surface area contributed by atoms with Crippen LogP contribution < -0.4 is 5.32 Å². The molecule has 0 radical (unpaired) electrons. The monoisotopic (exact) mass is 555 g/mol. The van der Waals surface area contributed by atoms with E-state index in [-0.39, 0.29) is 22.9 Å². The number of benzene rings is 2. The summed E-state index contributed by atoms with van der Waals surface area (Å²) in [6, 6.07) is 15.1. The molecule has 3 rings (SSSR count). The van der Waals surface area contributed by atoms with Crippen LogP contribution in [0.1, 0.15) is 62.6 Å². The number of hydrogen-bond donors (Lipinski definition) is 1. The molecule has 0 amide bonds. The molecule has 1 aromatic heterocycles. The number of aromatic nitrogens is 2. The summed E-state index contributed by atoms with van der Waals surface area (Å²) in [5, 5.41) is 12.8. The van der Waals surface area contributed by atoms with Crippen LogP contribution in [0.15, 0.2) is 61.1 Å². The van der Waals surface area contributed by atoms with E-state index < -0.39 is 11.7 Å². The van der Waals surface area contributed by atoms with Gasteiger partial charge in [-0.15, -0.1) is 0 Å². The average molecular weight is 556 g/mol. The lowest BCUT2D eigenvalue weighted by Gasteiger charge is -2.40. The molecule has 0 unspecified atom stereocenters. The molecule has 2 aromatic carbocycles. The van der Waals surface area contributed by atoms with Crippen molar-refractivity contribution in [3.8, 4) is 6.07 Å². The van der Waals surface area contributed by atoms with Gasteiger partial charge in [0, 0.05) is 44.5 Å².